The molecule has 19 heavy (non-hydrogen) atoms. The highest BCUT2D eigenvalue weighted by Gasteiger charge is 2.28. The van der Waals surface area contributed by atoms with E-state index < -0.39 is 11.4 Å². The quantitative estimate of drug-likeness (QED) is 0.860. The average molecular weight is 330 g/mol. The zero-order chi connectivity index (χ0) is 14.0. The van der Waals surface area contributed by atoms with Gasteiger partial charge < -0.3 is 10.0 Å². The lowest BCUT2D eigenvalue weighted by Crippen LogP contribution is -2.34. The van der Waals surface area contributed by atoms with Crippen molar-refractivity contribution in [3.8, 4) is 0 Å². The molecule has 0 aromatic heterocycles. The highest BCUT2D eigenvalue weighted by atomic mass is 79.9. The van der Waals surface area contributed by atoms with E-state index >= 15 is 0 Å². The number of hydrogen-bond donors (Lipinski definition) is 1. The molecule has 1 saturated heterocycles. The first-order valence-electron chi connectivity index (χ1n) is 6.36. The fourth-order valence-corrected chi connectivity index (χ4v) is 2.63. The number of carbonyl (C=O) groups excluding carboxylic acids is 1. The zero-order valence-electron chi connectivity index (χ0n) is 10.8. The number of likely N-dealkylation sites (tertiary alicyclic amines) is 1. The van der Waals surface area contributed by atoms with Crippen molar-refractivity contribution in [1.82, 2.24) is 4.90 Å². The smallest absolute Gasteiger partial charge is 0.256 e. The first-order chi connectivity index (χ1) is 8.89. The van der Waals surface area contributed by atoms with Crippen LogP contribution in [0.25, 0.3) is 0 Å². The molecule has 1 aromatic rings. The summed E-state index contributed by atoms with van der Waals surface area (Å²) in [5, 5.41) is 10.00. The van der Waals surface area contributed by atoms with Crippen LogP contribution < -0.4 is 0 Å². The van der Waals surface area contributed by atoms with Crippen LogP contribution >= 0.6 is 15.9 Å². The lowest BCUT2D eigenvalue weighted by molar-refractivity contribution is 0.0437. The Balaban J connectivity index is 2.15. The molecule has 0 spiro atoms. The van der Waals surface area contributed by atoms with E-state index in [4.69, 9.17) is 0 Å². The minimum absolute atomic E-state index is 0.0877. The average Bonchev–Trinajstić information content (AvgIpc) is 2.49. The summed E-state index contributed by atoms with van der Waals surface area (Å²) < 4.78 is 14.4. The lowest BCUT2D eigenvalue weighted by atomic mass is 9.98. The van der Waals surface area contributed by atoms with Crippen molar-refractivity contribution in [3.05, 3.63) is 34.1 Å². The minimum Gasteiger partial charge on any atom is -0.390 e. The van der Waals surface area contributed by atoms with Gasteiger partial charge in [0.2, 0.25) is 0 Å². The second-order valence-corrected chi connectivity index (χ2v) is 6.18. The Morgan fingerprint density at radius 3 is 2.84 bits per heavy atom. The molecule has 0 aliphatic carbocycles. The molecule has 0 bridgehead atoms. The van der Waals surface area contributed by atoms with Gasteiger partial charge in [0.25, 0.3) is 5.91 Å². The summed E-state index contributed by atoms with van der Waals surface area (Å²) in [4.78, 5) is 13.9. The number of halogens is 2. The van der Waals surface area contributed by atoms with Gasteiger partial charge in [-0.25, -0.2) is 4.39 Å². The lowest BCUT2D eigenvalue weighted by Gasteiger charge is -2.22. The fraction of sp³-hybridized carbons (Fsp3) is 0.500. The summed E-state index contributed by atoms with van der Waals surface area (Å²) >= 11 is 3.17. The molecule has 1 atom stereocenters. The van der Waals surface area contributed by atoms with Crippen LogP contribution in [0.5, 0.6) is 0 Å². The molecule has 1 fully saturated rings. The third kappa shape index (κ3) is 3.54. The van der Waals surface area contributed by atoms with Crippen LogP contribution in [0.15, 0.2) is 22.7 Å². The van der Waals surface area contributed by atoms with E-state index in [1.165, 1.54) is 12.1 Å². The van der Waals surface area contributed by atoms with Gasteiger partial charge >= 0.3 is 0 Å². The molecular weight excluding hydrogens is 313 g/mol. The van der Waals surface area contributed by atoms with Crippen molar-refractivity contribution in [2.24, 2.45) is 0 Å². The van der Waals surface area contributed by atoms with Gasteiger partial charge in [-0.2, -0.15) is 0 Å². The van der Waals surface area contributed by atoms with Crippen molar-refractivity contribution in [1.29, 1.82) is 0 Å². The van der Waals surface area contributed by atoms with Gasteiger partial charge in [0.1, 0.15) is 5.82 Å². The maximum atomic E-state index is 13.8. The number of carbonyl (C=O) groups is 1. The van der Waals surface area contributed by atoms with Crippen molar-refractivity contribution in [2.75, 3.05) is 13.1 Å². The van der Waals surface area contributed by atoms with Gasteiger partial charge in [0.05, 0.1) is 11.2 Å². The molecular formula is C14H17BrFNO2. The Morgan fingerprint density at radius 1 is 1.42 bits per heavy atom. The van der Waals surface area contributed by atoms with Gasteiger partial charge in [-0.15, -0.1) is 0 Å². The monoisotopic (exact) mass is 329 g/mol. The predicted molar refractivity (Wildman–Crippen MR) is 74.5 cm³/mol. The molecule has 0 radical (unpaired) electrons. The summed E-state index contributed by atoms with van der Waals surface area (Å²) in [6.07, 6.45) is 1.92. The van der Waals surface area contributed by atoms with Crippen LogP contribution in [-0.4, -0.2) is 34.6 Å². The van der Waals surface area contributed by atoms with Gasteiger partial charge in [-0.05, 0) is 44.4 Å². The molecule has 3 nitrogen and oxygen atoms in total. The van der Waals surface area contributed by atoms with E-state index in [1.807, 2.05) is 0 Å². The number of rotatable bonds is 1. The van der Waals surface area contributed by atoms with Crippen molar-refractivity contribution in [2.45, 2.75) is 31.8 Å². The Labute approximate surface area is 120 Å². The first-order valence-corrected chi connectivity index (χ1v) is 7.15. The highest BCUT2D eigenvalue weighted by molar-refractivity contribution is 9.10. The van der Waals surface area contributed by atoms with E-state index in [1.54, 1.807) is 17.9 Å². The van der Waals surface area contributed by atoms with Crippen LogP contribution in [0.2, 0.25) is 0 Å². The van der Waals surface area contributed by atoms with Crippen molar-refractivity contribution < 1.29 is 14.3 Å². The van der Waals surface area contributed by atoms with E-state index in [0.29, 0.717) is 30.4 Å². The number of nitrogens with zero attached hydrogens (tertiary/aromatic N) is 1. The van der Waals surface area contributed by atoms with E-state index in [9.17, 15) is 14.3 Å². The highest BCUT2D eigenvalue weighted by Crippen LogP contribution is 2.23. The first kappa shape index (κ1) is 14.5. The zero-order valence-corrected chi connectivity index (χ0v) is 12.4. The van der Waals surface area contributed by atoms with E-state index in [2.05, 4.69) is 15.9 Å². The van der Waals surface area contributed by atoms with E-state index in [-0.39, 0.29) is 11.5 Å². The Kier molecular flexibility index (Phi) is 4.26. The summed E-state index contributed by atoms with van der Waals surface area (Å²) in [5.41, 5.74) is -0.641. The molecule has 1 aliphatic heterocycles. The van der Waals surface area contributed by atoms with E-state index in [0.717, 1.165) is 6.42 Å². The van der Waals surface area contributed by atoms with Crippen LogP contribution in [0.1, 0.15) is 36.5 Å². The summed E-state index contributed by atoms with van der Waals surface area (Å²) in [7, 11) is 0. The molecule has 0 saturated carbocycles. The number of aliphatic hydroxyl groups is 1. The molecule has 1 heterocycles. The molecule has 104 valence electrons. The number of benzene rings is 1. The summed E-state index contributed by atoms with van der Waals surface area (Å²) in [6.45, 7) is 2.80. The molecule has 1 amide bonds. The normalized spacial score (nSPS) is 24.1. The van der Waals surface area contributed by atoms with Crippen molar-refractivity contribution >= 4 is 21.8 Å². The molecule has 1 N–H and O–H groups in total. The van der Waals surface area contributed by atoms with Gasteiger partial charge in [0, 0.05) is 17.6 Å². The number of amides is 1. The molecule has 1 aliphatic rings. The molecule has 1 unspecified atom stereocenters. The van der Waals surface area contributed by atoms with Crippen molar-refractivity contribution in [3.63, 3.8) is 0 Å². The second-order valence-electron chi connectivity index (χ2n) is 5.27. The fourth-order valence-electron chi connectivity index (χ4n) is 2.30. The SMILES string of the molecule is CC1(O)CCCN(C(=O)c2ccc(Br)cc2F)CC1. The van der Waals surface area contributed by atoms with Crippen LogP contribution in [0.3, 0.4) is 0 Å². The summed E-state index contributed by atoms with van der Waals surface area (Å²) in [6, 6.07) is 4.44. The largest absolute Gasteiger partial charge is 0.390 e. The third-order valence-corrected chi connectivity index (χ3v) is 4.01. The summed E-state index contributed by atoms with van der Waals surface area (Å²) in [5.74, 6) is -0.821. The third-order valence-electron chi connectivity index (χ3n) is 3.51. The molecule has 1 aromatic carbocycles. The van der Waals surface area contributed by atoms with Gasteiger partial charge in [-0.1, -0.05) is 15.9 Å². The predicted octanol–water partition coefficient (Wildman–Crippen LogP) is 2.97. The minimum atomic E-state index is -0.729. The molecule has 5 heteroatoms. The maximum absolute atomic E-state index is 13.8. The second kappa shape index (κ2) is 5.59. The Morgan fingerprint density at radius 2 is 2.16 bits per heavy atom. The number of hydrogen-bond acceptors (Lipinski definition) is 2. The Hall–Kier alpha value is -0.940. The maximum Gasteiger partial charge on any atom is 0.256 e. The van der Waals surface area contributed by atoms with Crippen LogP contribution in [-0.2, 0) is 0 Å². The topological polar surface area (TPSA) is 40.5 Å². The van der Waals surface area contributed by atoms with Gasteiger partial charge in [0.15, 0.2) is 0 Å². The van der Waals surface area contributed by atoms with Gasteiger partial charge in [-0.3, -0.25) is 4.79 Å². The van der Waals surface area contributed by atoms with Crippen LogP contribution in [0, 0.1) is 5.82 Å². The Bertz CT molecular complexity index is 490. The van der Waals surface area contributed by atoms with Crippen LogP contribution in [0.4, 0.5) is 4.39 Å². The standard InChI is InChI=1S/C14H17BrFNO2/c1-14(19)5-2-7-17(8-6-14)13(18)11-4-3-10(15)9-12(11)16/h3-4,9,19H,2,5-8H2,1H3. The molecule has 2 rings (SSSR count).